The molecule has 0 unspecified atom stereocenters. The highest BCUT2D eigenvalue weighted by atomic mass is 32.2. The Labute approximate surface area is 108 Å². The van der Waals surface area contributed by atoms with E-state index in [2.05, 4.69) is 35.6 Å². The summed E-state index contributed by atoms with van der Waals surface area (Å²) in [5.41, 5.74) is 0. The molecule has 0 aromatic carbocycles. The van der Waals surface area contributed by atoms with Crippen LogP contribution in [0, 0.1) is 11.8 Å². The molecule has 2 heterocycles. The van der Waals surface area contributed by atoms with Gasteiger partial charge in [-0.25, -0.2) is 0 Å². The second-order valence-electron chi connectivity index (χ2n) is 2.94. The molecule has 0 aliphatic rings. The van der Waals surface area contributed by atoms with E-state index in [-0.39, 0.29) is 0 Å². The number of thioether (sulfide) groups is 1. The molecule has 2 rings (SSSR count). The third kappa shape index (κ3) is 3.02. The lowest BCUT2D eigenvalue weighted by atomic mass is 10.4. The predicted molar refractivity (Wildman–Crippen MR) is 77.0 cm³/mol. The third-order valence-electron chi connectivity index (χ3n) is 1.90. The lowest BCUT2D eigenvalue weighted by molar-refractivity contribution is 1.92. The molecule has 0 spiro atoms. The van der Waals surface area contributed by atoms with Gasteiger partial charge < -0.3 is 0 Å². The molecule has 0 bridgehead atoms. The van der Waals surface area contributed by atoms with E-state index in [1.165, 1.54) is 9.78 Å². The summed E-state index contributed by atoms with van der Waals surface area (Å²) < 4.78 is 0. The summed E-state index contributed by atoms with van der Waals surface area (Å²) in [7, 11) is 0. The number of thiophene rings is 2. The van der Waals surface area contributed by atoms with Crippen LogP contribution in [0.5, 0.6) is 0 Å². The van der Waals surface area contributed by atoms with Crippen molar-refractivity contribution in [1.82, 2.24) is 0 Å². The monoisotopic (exact) mass is 262 g/mol. The van der Waals surface area contributed by atoms with Crippen molar-refractivity contribution in [3.63, 3.8) is 0 Å². The van der Waals surface area contributed by atoms with Gasteiger partial charge in [-0.3, -0.25) is 0 Å². The van der Waals surface area contributed by atoms with Crippen molar-refractivity contribution in [2.45, 2.75) is 0 Å². The third-order valence-corrected chi connectivity index (χ3v) is 4.50. The maximum absolute atomic E-state index is 3.13. The van der Waals surface area contributed by atoms with Crippen LogP contribution < -0.4 is 0 Å². The Kier molecular flexibility index (Phi) is 4.29. The molecule has 80 valence electrons. The Morgan fingerprint density at radius 3 is 2.69 bits per heavy atom. The zero-order chi connectivity index (χ0) is 11.2. The molecule has 0 nitrogen and oxygen atoms in total. The average molecular weight is 262 g/mol. The number of allylic oxidation sites excluding steroid dienone is 1. The van der Waals surface area contributed by atoms with E-state index in [0.717, 1.165) is 4.88 Å². The van der Waals surface area contributed by atoms with Gasteiger partial charge in [-0.1, -0.05) is 24.0 Å². The van der Waals surface area contributed by atoms with Gasteiger partial charge in [0.2, 0.25) is 0 Å². The Hall–Kier alpha value is -0.950. The molecule has 0 aliphatic heterocycles. The summed E-state index contributed by atoms with van der Waals surface area (Å²) in [5.74, 6) is 6.25. The van der Waals surface area contributed by atoms with Gasteiger partial charge in [0.1, 0.15) is 0 Å². The average Bonchev–Trinajstić information content (AvgIpc) is 2.96. The van der Waals surface area contributed by atoms with Crippen molar-refractivity contribution in [2.24, 2.45) is 0 Å². The lowest BCUT2D eigenvalue weighted by Crippen LogP contribution is -1.70. The first-order valence-electron chi connectivity index (χ1n) is 4.73. The van der Waals surface area contributed by atoms with Crippen molar-refractivity contribution in [1.29, 1.82) is 0 Å². The van der Waals surface area contributed by atoms with E-state index in [0.29, 0.717) is 0 Å². The summed E-state index contributed by atoms with van der Waals surface area (Å²) in [6.07, 6.45) is 4.08. The van der Waals surface area contributed by atoms with Gasteiger partial charge in [0.15, 0.2) is 0 Å². The van der Waals surface area contributed by atoms with Crippen molar-refractivity contribution < 1.29 is 0 Å². The predicted octanol–water partition coefficient (Wildman–Crippen LogP) is 4.57. The molecule has 3 heteroatoms. The first-order valence-corrected chi connectivity index (χ1v) is 7.71. The van der Waals surface area contributed by atoms with Crippen LogP contribution >= 0.6 is 34.4 Å². The minimum atomic E-state index is 1.11. The largest absolute Gasteiger partial charge is 0.143 e. The summed E-state index contributed by atoms with van der Waals surface area (Å²) in [4.78, 5) is 3.63. The van der Waals surface area contributed by atoms with Gasteiger partial charge >= 0.3 is 0 Å². The molecule has 0 fully saturated rings. The molecule has 2 aromatic heterocycles. The van der Waals surface area contributed by atoms with Gasteiger partial charge in [0.05, 0.1) is 4.88 Å². The summed E-state index contributed by atoms with van der Waals surface area (Å²) in [5, 5.41) is 4.13. The molecule has 0 saturated heterocycles. The summed E-state index contributed by atoms with van der Waals surface area (Å²) in [6.45, 7) is 0. The van der Waals surface area contributed by atoms with Crippen LogP contribution in [0.25, 0.3) is 4.91 Å². The minimum absolute atomic E-state index is 1.11. The molecular weight excluding hydrogens is 252 g/mol. The van der Waals surface area contributed by atoms with E-state index in [4.69, 9.17) is 0 Å². The van der Waals surface area contributed by atoms with Gasteiger partial charge in [-0.05, 0) is 29.1 Å². The molecule has 0 saturated carbocycles. The summed E-state index contributed by atoms with van der Waals surface area (Å²) in [6, 6.07) is 8.25. The molecule has 0 amide bonds. The van der Waals surface area contributed by atoms with Crippen molar-refractivity contribution in [3.8, 4) is 11.8 Å². The molecule has 0 aliphatic carbocycles. The van der Waals surface area contributed by atoms with Gasteiger partial charge in [-0.2, -0.15) is 0 Å². The van der Waals surface area contributed by atoms with Crippen LogP contribution in [0.1, 0.15) is 9.75 Å². The molecule has 2 aromatic rings. The van der Waals surface area contributed by atoms with Gasteiger partial charge in [-0.15, -0.1) is 34.4 Å². The minimum Gasteiger partial charge on any atom is -0.143 e. The fraction of sp³-hybridized carbons (Fsp3) is 0.0769. The summed E-state index contributed by atoms with van der Waals surface area (Å²) >= 11 is 5.16. The van der Waals surface area contributed by atoms with E-state index >= 15 is 0 Å². The smallest absolute Gasteiger partial charge is 0.0771 e. The van der Waals surface area contributed by atoms with Crippen molar-refractivity contribution in [2.75, 3.05) is 6.26 Å². The van der Waals surface area contributed by atoms with Crippen molar-refractivity contribution >= 4 is 39.3 Å². The van der Waals surface area contributed by atoms with E-state index in [1.54, 1.807) is 34.4 Å². The Morgan fingerprint density at radius 2 is 2.06 bits per heavy atom. The SMILES string of the molecule is CSC(=CC#Cc1cccs1)c1cccs1. The van der Waals surface area contributed by atoms with Crippen LogP contribution in [-0.4, -0.2) is 6.26 Å². The van der Waals surface area contributed by atoms with Crippen LogP contribution in [0.4, 0.5) is 0 Å². The molecule has 16 heavy (non-hydrogen) atoms. The van der Waals surface area contributed by atoms with Gasteiger partial charge in [0, 0.05) is 15.9 Å². The standard InChI is InChI=1S/C13H10S3/c1-14-12(13-8-4-10-16-13)7-2-5-11-6-3-9-15-11/h3-4,6-10H,1H3. The number of hydrogen-bond acceptors (Lipinski definition) is 3. The van der Waals surface area contributed by atoms with Crippen LogP contribution in [0.3, 0.4) is 0 Å². The molecule has 0 atom stereocenters. The first kappa shape index (κ1) is 11.5. The fourth-order valence-corrected chi connectivity index (χ4v) is 3.23. The van der Waals surface area contributed by atoms with Crippen LogP contribution in [0.2, 0.25) is 0 Å². The lowest BCUT2D eigenvalue weighted by Gasteiger charge is -1.96. The zero-order valence-corrected chi connectivity index (χ0v) is 11.2. The van der Waals surface area contributed by atoms with Crippen LogP contribution in [0.15, 0.2) is 41.1 Å². The Morgan fingerprint density at radius 1 is 1.25 bits per heavy atom. The van der Waals surface area contributed by atoms with Crippen molar-refractivity contribution in [3.05, 3.63) is 50.9 Å². The van der Waals surface area contributed by atoms with E-state index in [1.807, 2.05) is 23.6 Å². The van der Waals surface area contributed by atoms with E-state index < -0.39 is 0 Å². The maximum Gasteiger partial charge on any atom is 0.0771 e. The first-order chi connectivity index (χ1) is 7.90. The number of hydrogen-bond donors (Lipinski definition) is 0. The topological polar surface area (TPSA) is 0 Å². The highest BCUT2D eigenvalue weighted by molar-refractivity contribution is 8.07. The maximum atomic E-state index is 3.13. The highest BCUT2D eigenvalue weighted by Gasteiger charge is 1.98. The highest BCUT2D eigenvalue weighted by Crippen LogP contribution is 2.28. The molecule has 0 N–H and O–H groups in total. The Bertz CT molecular complexity index is 507. The normalized spacial score (nSPS) is 10.9. The van der Waals surface area contributed by atoms with Gasteiger partial charge in [0.25, 0.3) is 0 Å². The Balaban J connectivity index is 2.16. The fourth-order valence-electron chi connectivity index (χ4n) is 1.17. The second-order valence-corrected chi connectivity index (χ2v) is 5.68. The second kappa shape index (κ2) is 5.95. The zero-order valence-electron chi connectivity index (χ0n) is 8.77. The quantitative estimate of drug-likeness (QED) is 0.715. The van der Waals surface area contributed by atoms with E-state index in [9.17, 15) is 0 Å². The molecular formula is C13H10S3. The molecule has 0 radical (unpaired) electrons. The van der Waals surface area contributed by atoms with Crippen LogP contribution in [-0.2, 0) is 0 Å². The number of rotatable bonds is 2.